The van der Waals surface area contributed by atoms with Crippen LogP contribution in [0.4, 0.5) is 4.79 Å². The summed E-state index contributed by atoms with van der Waals surface area (Å²) in [6.07, 6.45) is 2.37. The number of amides is 1. The number of piperidine rings is 1. The van der Waals surface area contributed by atoms with Crippen LogP contribution < -0.4 is 5.32 Å². The van der Waals surface area contributed by atoms with Crippen molar-refractivity contribution in [2.24, 2.45) is 5.92 Å². The zero-order valence-electron chi connectivity index (χ0n) is 20.4. The number of nitrogens with zero attached hydrogens (tertiary/aromatic N) is 1. The molecule has 8 nitrogen and oxygen atoms in total. The summed E-state index contributed by atoms with van der Waals surface area (Å²) >= 11 is 0. The first kappa shape index (κ1) is 24.3. The van der Waals surface area contributed by atoms with Crippen LogP contribution >= 0.6 is 0 Å². The van der Waals surface area contributed by atoms with E-state index in [1.165, 1.54) is 7.11 Å². The van der Waals surface area contributed by atoms with Crippen LogP contribution in [-0.2, 0) is 23.6 Å². The van der Waals surface area contributed by atoms with Gasteiger partial charge in [0.1, 0.15) is 11.1 Å². The minimum Gasteiger partial charge on any atom is -0.467 e. The van der Waals surface area contributed by atoms with E-state index in [9.17, 15) is 9.59 Å². The highest BCUT2D eigenvalue weighted by atomic mass is 16.7. The number of carbonyl (C=O) groups is 2. The van der Waals surface area contributed by atoms with Crippen molar-refractivity contribution in [1.29, 1.82) is 0 Å². The zero-order valence-corrected chi connectivity index (χ0v) is 20.4. The summed E-state index contributed by atoms with van der Waals surface area (Å²) in [6, 6.07) is 0.0265. The van der Waals surface area contributed by atoms with Crippen molar-refractivity contribution >= 4 is 19.2 Å². The molecule has 3 heterocycles. The van der Waals surface area contributed by atoms with Gasteiger partial charge < -0.3 is 24.1 Å². The quantitative estimate of drug-likeness (QED) is 0.522. The van der Waals surface area contributed by atoms with Gasteiger partial charge in [0.25, 0.3) is 0 Å². The van der Waals surface area contributed by atoms with Crippen LogP contribution in [0.15, 0.2) is 0 Å². The van der Waals surface area contributed by atoms with Gasteiger partial charge >= 0.3 is 19.2 Å². The Bertz CT molecular complexity index is 691. The molecule has 0 aromatic heterocycles. The van der Waals surface area contributed by atoms with Crippen molar-refractivity contribution in [3.05, 3.63) is 0 Å². The molecule has 9 heteroatoms. The minimum absolute atomic E-state index is 0.0265. The maximum absolute atomic E-state index is 13.1. The van der Waals surface area contributed by atoms with Gasteiger partial charge in [-0.25, -0.2) is 9.59 Å². The summed E-state index contributed by atoms with van der Waals surface area (Å²) in [5.74, 6) is -0.411. The van der Waals surface area contributed by atoms with Gasteiger partial charge in [0.15, 0.2) is 0 Å². The predicted molar refractivity (Wildman–Crippen MR) is 118 cm³/mol. The van der Waals surface area contributed by atoms with Crippen molar-refractivity contribution in [2.45, 2.75) is 102 Å². The molecule has 3 rings (SSSR count). The highest BCUT2D eigenvalue weighted by Gasteiger charge is 2.63. The lowest BCUT2D eigenvalue weighted by molar-refractivity contribution is -0.157. The molecule has 176 valence electrons. The normalized spacial score (nSPS) is 31.6. The molecule has 3 fully saturated rings. The molecule has 0 saturated carbocycles. The fourth-order valence-electron chi connectivity index (χ4n) is 5.12. The lowest BCUT2D eigenvalue weighted by Crippen LogP contribution is -2.61. The summed E-state index contributed by atoms with van der Waals surface area (Å²) in [7, 11) is 1.12. The molecule has 31 heavy (non-hydrogen) atoms. The fraction of sp³-hybridized carbons (Fsp3) is 0.909. The number of carbonyl (C=O) groups excluding carboxylic acids is 2. The molecule has 3 aliphatic heterocycles. The number of rotatable bonds is 5. The molecule has 0 spiro atoms. The molecule has 0 aromatic rings. The topological polar surface area (TPSA) is 86.3 Å². The van der Waals surface area contributed by atoms with E-state index in [2.05, 4.69) is 5.32 Å². The van der Waals surface area contributed by atoms with Crippen LogP contribution in [0.5, 0.6) is 0 Å². The molecule has 3 atom stereocenters. The van der Waals surface area contributed by atoms with E-state index in [4.69, 9.17) is 18.8 Å². The van der Waals surface area contributed by atoms with E-state index in [1.807, 2.05) is 48.5 Å². The zero-order chi connectivity index (χ0) is 23.2. The number of likely N-dealkylation sites (tertiary alicyclic amines) is 1. The highest BCUT2D eigenvalue weighted by Crippen LogP contribution is 2.45. The summed E-state index contributed by atoms with van der Waals surface area (Å²) in [6.45, 7) is 14.8. The number of nitrogens with one attached hydrogen (secondary N) is 1. The molecule has 1 amide bonds. The second kappa shape index (κ2) is 8.23. The van der Waals surface area contributed by atoms with Crippen LogP contribution in [0, 0.1) is 5.92 Å². The van der Waals surface area contributed by atoms with E-state index >= 15 is 0 Å². The molecule has 0 aromatic carbocycles. The monoisotopic (exact) mass is 438 g/mol. The van der Waals surface area contributed by atoms with Crippen LogP contribution in [0.1, 0.15) is 67.7 Å². The number of fused-ring (bicyclic) bond motifs is 2. The highest BCUT2D eigenvalue weighted by molar-refractivity contribution is 6.45. The SMILES string of the molecule is COC(=O)C12CCN[C@@H](CN1C(=O)OC(C)(C)C)[C@H]2CCCB1OC(C)(C)C(C)(C)O1. The Labute approximate surface area is 186 Å². The lowest BCUT2D eigenvalue weighted by atomic mass is 9.72. The van der Waals surface area contributed by atoms with E-state index in [-0.39, 0.29) is 36.2 Å². The Morgan fingerprint density at radius 1 is 1.16 bits per heavy atom. The number of ether oxygens (including phenoxy) is 2. The summed E-state index contributed by atoms with van der Waals surface area (Å²) in [5, 5.41) is 3.50. The van der Waals surface area contributed by atoms with Gasteiger partial charge in [-0.1, -0.05) is 6.42 Å². The molecular formula is C22H39BN2O6. The van der Waals surface area contributed by atoms with Crippen LogP contribution in [0.3, 0.4) is 0 Å². The lowest BCUT2D eigenvalue weighted by Gasteiger charge is -2.42. The van der Waals surface area contributed by atoms with Crippen molar-refractivity contribution in [2.75, 3.05) is 20.2 Å². The van der Waals surface area contributed by atoms with E-state index in [0.717, 1.165) is 19.2 Å². The van der Waals surface area contributed by atoms with Crippen molar-refractivity contribution in [3.8, 4) is 0 Å². The number of hydrogen-bond donors (Lipinski definition) is 1. The third kappa shape index (κ3) is 4.46. The summed E-state index contributed by atoms with van der Waals surface area (Å²) in [5.41, 5.74) is -2.35. The maximum Gasteiger partial charge on any atom is 0.457 e. The van der Waals surface area contributed by atoms with Crippen LogP contribution in [-0.4, -0.2) is 72.7 Å². The maximum atomic E-state index is 13.1. The second-order valence-corrected chi connectivity index (χ2v) is 11.0. The smallest absolute Gasteiger partial charge is 0.457 e. The van der Waals surface area contributed by atoms with Crippen molar-refractivity contribution < 1.29 is 28.4 Å². The molecule has 1 unspecified atom stereocenters. The average molecular weight is 438 g/mol. The Kier molecular flexibility index (Phi) is 6.46. The van der Waals surface area contributed by atoms with Gasteiger partial charge in [-0.2, -0.15) is 0 Å². The molecular weight excluding hydrogens is 399 g/mol. The van der Waals surface area contributed by atoms with E-state index in [0.29, 0.717) is 19.5 Å². The molecule has 2 bridgehead atoms. The minimum atomic E-state index is -0.997. The van der Waals surface area contributed by atoms with Gasteiger partial charge in [0.2, 0.25) is 0 Å². The second-order valence-electron chi connectivity index (χ2n) is 11.0. The first-order valence-corrected chi connectivity index (χ1v) is 11.4. The van der Waals surface area contributed by atoms with Gasteiger partial charge in [0.05, 0.1) is 18.3 Å². The number of esters is 1. The Morgan fingerprint density at radius 2 is 1.77 bits per heavy atom. The van der Waals surface area contributed by atoms with Gasteiger partial charge in [-0.3, -0.25) is 4.90 Å². The standard InChI is InChI=1S/C22H39BN2O6/c1-19(2,3)29-18(27)25-14-16-15(22(25,11-13-24-16)17(26)28-8)10-9-12-23-30-20(4,5)21(6,7)31-23/h15-16,24H,9-14H2,1-8H3/t15-,16+,22?/m1/s1. The van der Waals surface area contributed by atoms with Crippen LogP contribution in [0.25, 0.3) is 0 Å². The van der Waals surface area contributed by atoms with Crippen molar-refractivity contribution in [1.82, 2.24) is 10.2 Å². The first-order valence-electron chi connectivity index (χ1n) is 11.4. The third-order valence-electron chi connectivity index (χ3n) is 7.28. The summed E-state index contributed by atoms with van der Waals surface area (Å²) in [4.78, 5) is 27.7. The first-order chi connectivity index (χ1) is 14.2. The fourth-order valence-corrected chi connectivity index (χ4v) is 5.12. The number of methoxy groups -OCH3 is 1. The van der Waals surface area contributed by atoms with Crippen molar-refractivity contribution in [3.63, 3.8) is 0 Å². The van der Waals surface area contributed by atoms with E-state index in [1.54, 1.807) is 4.90 Å². The predicted octanol–water partition coefficient (Wildman–Crippen LogP) is 3.00. The molecule has 0 radical (unpaired) electrons. The van der Waals surface area contributed by atoms with Crippen LogP contribution in [0.2, 0.25) is 6.32 Å². The van der Waals surface area contributed by atoms with Gasteiger partial charge in [-0.15, -0.1) is 0 Å². The van der Waals surface area contributed by atoms with E-state index < -0.39 is 17.2 Å². The Balaban J connectivity index is 1.73. The summed E-state index contributed by atoms with van der Waals surface area (Å²) < 4.78 is 23.1. The molecule has 0 aliphatic carbocycles. The average Bonchev–Trinajstić information content (AvgIpc) is 2.94. The van der Waals surface area contributed by atoms with Gasteiger partial charge in [-0.05, 0) is 74.2 Å². The largest absolute Gasteiger partial charge is 0.467 e. The van der Waals surface area contributed by atoms with Gasteiger partial charge in [0, 0.05) is 18.5 Å². The number of hydrogen-bond acceptors (Lipinski definition) is 7. The molecule has 3 saturated heterocycles. The third-order valence-corrected chi connectivity index (χ3v) is 7.28. The molecule has 3 aliphatic rings. The molecule has 1 N–H and O–H groups in total. The Hall–Kier alpha value is -1.32. The Morgan fingerprint density at radius 3 is 2.32 bits per heavy atom.